The van der Waals surface area contributed by atoms with Crippen molar-refractivity contribution in [1.82, 2.24) is 14.8 Å². The van der Waals surface area contributed by atoms with Gasteiger partial charge in [-0.2, -0.15) is 5.10 Å². The number of rotatable bonds is 4. The first-order valence-electron chi connectivity index (χ1n) is 7.98. The van der Waals surface area contributed by atoms with Crippen LogP contribution < -0.4 is 0 Å². The first-order valence-corrected chi connectivity index (χ1v) is 10.7. The van der Waals surface area contributed by atoms with Gasteiger partial charge in [0.15, 0.2) is 15.7 Å². The van der Waals surface area contributed by atoms with Gasteiger partial charge in [0.05, 0.1) is 27.9 Å². The molecule has 3 aromatic heterocycles. The lowest BCUT2D eigenvalue weighted by atomic mass is 10.2. The molecule has 0 unspecified atom stereocenters. The topological polar surface area (TPSA) is 64.8 Å². The lowest BCUT2D eigenvalue weighted by Gasteiger charge is -2.06. The number of sulfone groups is 1. The third kappa shape index (κ3) is 3.41. The number of nitrogens with zero attached hydrogens (tertiary/aromatic N) is 3. The smallest absolute Gasteiger partial charge is 0.175 e. The van der Waals surface area contributed by atoms with E-state index in [1.165, 1.54) is 28.5 Å². The molecule has 5 nitrogen and oxygen atoms in total. The molecule has 0 saturated heterocycles. The fourth-order valence-corrected chi connectivity index (χ4v) is 4.41. The zero-order valence-corrected chi connectivity index (χ0v) is 15.8. The van der Waals surface area contributed by atoms with Crippen LogP contribution >= 0.6 is 11.3 Å². The Bertz CT molecular complexity index is 1230. The predicted octanol–water partition coefficient (Wildman–Crippen LogP) is 4.21. The maximum atomic E-state index is 14.1. The van der Waals surface area contributed by atoms with Crippen LogP contribution in [0.2, 0.25) is 0 Å². The van der Waals surface area contributed by atoms with E-state index in [9.17, 15) is 12.8 Å². The molecule has 0 saturated carbocycles. The monoisotopic (exact) mass is 399 g/mol. The SMILES string of the molecule is CS(=O)(=O)c1cccc(-c2ccc(-c3ccnn3-c3ccncc3F)s2)c1. The number of halogens is 1. The van der Waals surface area contributed by atoms with Crippen LogP contribution in [-0.4, -0.2) is 29.4 Å². The maximum absolute atomic E-state index is 14.1. The third-order valence-electron chi connectivity index (χ3n) is 4.03. The number of hydrogen-bond acceptors (Lipinski definition) is 5. The highest BCUT2D eigenvalue weighted by Crippen LogP contribution is 2.36. The van der Waals surface area contributed by atoms with Crippen LogP contribution in [0.25, 0.3) is 26.7 Å². The van der Waals surface area contributed by atoms with E-state index in [0.717, 1.165) is 27.2 Å². The second-order valence-corrected chi connectivity index (χ2v) is 9.02. The number of thiophene rings is 1. The summed E-state index contributed by atoms with van der Waals surface area (Å²) >= 11 is 1.48. The number of pyridine rings is 1. The minimum atomic E-state index is -3.27. The molecule has 136 valence electrons. The fourth-order valence-electron chi connectivity index (χ4n) is 2.73. The van der Waals surface area contributed by atoms with E-state index in [4.69, 9.17) is 0 Å². The fraction of sp³-hybridized carbons (Fsp3) is 0.0526. The Labute approximate surface area is 159 Å². The van der Waals surface area contributed by atoms with E-state index < -0.39 is 15.7 Å². The quantitative estimate of drug-likeness (QED) is 0.516. The van der Waals surface area contributed by atoms with Gasteiger partial charge in [-0.3, -0.25) is 4.98 Å². The van der Waals surface area contributed by atoms with Crippen molar-refractivity contribution in [2.24, 2.45) is 0 Å². The van der Waals surface area contributed by atoms with Gasteiger partial charge in [-0.05, 0) is 42.0 Å². The van der Waals surface area contributed by atoms with Crippen LogP contribution in [0.15, 0.2) is 72.0 Å². The molecule has 8 heteroatoms. The summed E-state index contributed by atoms with van der Waals surface area (Å²) < 4.78 is 39.2. The zero-order chi connectivity index (χ0) is 19.0. The molecule has 0 aliphatic heterocycles. The molecular formula is C19H14FN3O2S2. The average Bonchev–Trinajstić information content (AvgIpc) is 3.31. The van der Waals surface area contributed by atoms with Crippen molar-refractivity contribution in [2.75, 3.05) is 6.26 Å². The summed E-state index contributed by atoms with van der Waals surface area (Å²) in [6, 6.07) is 14.0. The maximum Gasteiger partial charge on any atom is 0.175 e. The molecule has 0 bridgehead atoms. The Hall–Kier alpha value is -2.84. The van der Waals surface area contributed by atoms with Gasteiger partial charge < -0.3 is 0 Å². The molecule has 3 heterocycles. The van der Waals surface area contributed by atoms with Crippen molar-refractivity contribution in [3.8, 4) is 26.7 Å². The van der Waals surface area contributed by atoms with Crippen LogP contribution in [-0.2, 0) is 9.84 Å². The standard InChI is InChI=1S/C19H14FN3O2S2/c1-27(24,25)14-4-2-3-13(11-14)18-5-6-19(26-18)17-8-10-22-23(17)16-7-9-21-12-15(16)20/h2-12H,1H3. The molecule has 4 aromatic rings. The minimum absolute atomic E-state index is 0.277. The molecule has 0 N–H and O–H groups in total. The van der Waals surface area contributed by atoms with Gasteiger partial charge in [0.2, 0.25) is 0 Å². The lowest BCUT2D eigenvalue weighted by Crippen LogP contribution is -2.01. The summed E-state index contributed by atoms with van der Waals surface area (Å²) in [6.07, 6.45) is 5.46. The summed E-state index contributed by atoms with van der Waals surface area (Å²) in [5, 5.41) is 4.23. The van der Waals surface area contributed by atoms with Crippen molar-refractivity contribution >= 4 is 21.2 Å². The number of hydrogen-bond donors (Lipinski definition) is 0. The van der Waals surface area contributed by atoms with E-state index in [-0.39, 0.29) is 4.90 Å². The lowest BCUT2D eigenvalue weighted by molar-refractivity contribution is 0.602. The predicted molar refractivity (Wildman–Crippen MR) is 103 cm³/mol. The molecule has 0 aliphatic carbocycles. The number of benzene rings is 1. The molecule has 0 fully saturated rings. The van der Waals surface area contributed by atoms with Crippen LogP contribution in [0, 0.1) is 5.82 Å². The summed E-state index contributed by atoms with van der Waals surface area (Å²) in [5.74, 6) is -0.458. The molecule has 0 radical (unpaired) electrons. The van der Waals surface area contributed by atoms with E-state index in [0.29, 0.717) is 5.69 Å². The van der Waals surface area contributed by atoms with Gasteiger partial charge in [-0.1, -0.05) is 12.1 Å². The third-order valence-corrected chi connectivity index (χ3v) is 6.29. The van der Waals surface area contributed by atoms with E-state index in [2.05, 4.69) is 10.1 Å². The molecule has 0 aliphatic rings. The first-order chi connectivity index (χ1) is 12.9. The van der Waals surface area contributed by atoms with Crippen LogP contribution in [0.4, 0.5) is 4.39 Å². The Balaban J connectivity index is 1.76. The van der Waals surface area contributed by atoms with Crippen LogP contribution in [0.5, 0.6) is 0 Å². The summed E-state index contributed by atoms with van der Waals surface area (Å²) in [6.45, 7) is 0. The molecule has 0 spiro atoms. The highest BCUT2D eigenvalue weighted by molar-refractivity contribution is 7.90. The second kappa shape index (κ2) is 6.71. The molecule has 0 amide bonds. The van der Waals surface area contributed by atoms with Gasteiger partial charge >= 0.3 is 0 Å². The van der Waals surface area contributed by atoms with Gasteiger partial charge in [-0.25, -0.2) is 17.5 Å². The van der Waals surface area contributed by atoms with Crippen molar-refractivity contribution in [2.45, 2.75) is 4.90 Å². The first kappa shape index (κ1) is 17.6. The van der Waals surface area contributed by atoms with E-state index in [1.54, 1.807) is 30.5 Å². The van der Waals surface area contributed by atoms with Gasteiger partial charge in [0.25, 0.3) is 0 Å². The highest BCUT2D eigenvalue weighted by Gasteiger charge is 2.14. The van der Waals surface area contributed by atoms with Gasteiger partial charge in [-0.15, -0.1) is 11.3 Å². The van der Waals surface area contributed by atoms with Crippen molar-refractivity contribution in [3.05, 3.63) is 72.9 Å². The molecule has 0 atom stereocenters. The highest BCUT2D eigenvalue weighted by atomic mass is 32.2. The Morgan fingerprint density at radius 3 is 2.63 bits per heavy atom. The largest absolute Gasteiger partial charge is 0.262 e. The average molecular weight is 399 g/mol. The minimum Gasteiger partial charge on any atom is -0.262 e. The summed E-state index contributed by atoms with van der Waals surface area (Å²) in [7, 11) is -3.27. The Kier molecular flexibility index (Phi) is 4.37. The normalized spacial score (nSPS) is 11.6. The van der Waals surface area contributed by atoms with Crippen molar-refractivity contribution in [3.63, 3.8) is 0 Å². The molecular weight excluding hydrogens is 385 g/mol. The van der Waals surface area contributed by atoms with Crippen LogP contribution in [0.3, 0.4) is 0 Å². The van der Waals surface area contributed by atoms with Crippen LogP contribution in [0.1, 0.15) is 0 Å². The summed E-state index contributed by atoms with van der Waals surface area (Å²) in [5.41, 5.74) is 1.88. The number of aromatic nitrogens is 3. The zero-order valence-electron chi connectivity index (χ0n) is 14.2. The Morgan fingerprint density at radius 2 is 1.85 bits per heavy atom. The van der Waals surface area contributed by atoms with Crippen molar-refractivity contribution < 1.29 is 12.8 Å². The Morgan fingerprint density at radius 1 is 1.04 bits per heavy atom. The molecule has 27 heavy (non-hydrogen) atoms. The van der Waals surface area contributed by atoms with Gasteiger partial charge in [0, 0.05) is 17.3 Å². The summed E-state index contributed by atoms with van der Waals surface area (Å²) in [4.78, 5) is 5.85. The molecule has 4 rings (SSSR count). The molecule has 1 aromatic carbocycles. The van der Waals surface area contributed by atoms with Gasteiger partial charge in [0.1, 0.15) is 5.69 Å². The van der Waals surface area contributed by atoms with E-state index in [1.807, 2.05) is 24.3 Å². The van der Waals surface area contributed by atoms with Crippen molar-refractivity contribution in [1.29, 1.82) is 0 Å². The second-order valence-electron chi connectivity index (χ2n) is 5.92. The van der Waals surface area contributed by atoms with E-state index >= 15 is 0 Å².